The topological polar surface area (TPSA) is 30.0 Å². The summed E-state index contributed by atoms with van der Waals surface area (Å²) in [6, 6.07) is 1.64. The van der Waals surface area contributed by atoms with E-state index in [0.29, 0.717) is 35.9 Å². The van der Waals surface area contributed by atoms with Gasteiger partial charge < -0.3 is 0 Å². The molecule has 4 aliphatic carbocycles. The minimum absolute atomic E-state index is 0.00888. The molecule has 30 heavy (non-hydrogen) atoms. The van der Waals surface area contributed by atoms with Gasteiger partial charge in [0.1, 0.15) is 0 Å². The molecule has 1 aromatic heterocycles. The van der Waals surface area contributed by atoms with Gasteiger partial charge in [-0.05, 0) is 89.9 Å². The van der Waals surface area contributed by atoms with Crippen LogP contribution in [-0.2, 0) is 4.79 Å². The summed E-state index contributed by atoms with van der Waals surface area (Å²) >= 11 is 0. The van der Waals surface area contributed by atoms with Gasteiger partial charge in [-0.2, -0.15) is 0 Å². The van der Waals surface area contributed by atoms with Gasteiger partial charge in [-0.15, -0.1) is 0 Å². The molecule has 4 unspecified atom stereocenters. The molecule has 160 valence electrons. The molecule has 5 rings (SSSR count). The van der Waals surface area contributed by atoms with Crippen LogP contribution in [0.1, 0.15) is 76.8 Å². The lowest BCUT2D eigenvalue weighted by Crippen LogP contribution is -2.51. The highest BCUT2D eigenvalue weighted by atomic mass is 19.3. The normalized spacial score (nSPS) is 40.4. The van der Waals surface area contributed by atoms with Crippen LogP contribution in [0.4, 0.5) is 8.78 Å². The van der Waals surface area contributed by atoms with E-state index in [-0.39, 0.29) is 16.4 Å². The molecule has 0 radical (unpaired) electrons. The molecule has 0 aromatic carbocycles. The Balaban J connectivity index is 1.48. The fourth-order valence-electron chi connectivity index (χ4n) is 7.72. The second kappa shape index (κ2) is 6.83. The Labute approximate surface area is 177 Å². The third-order valence-electron chi connectivity index (χ3n) is 9.18. The Bertz CT molecular complexity index is 950. The summed E-state index contributed by atoms with van der Waals surface area (Å²) in [5.74, 6) is 2.51. The molecule has 1 aromatic rings. The molecule has 0 N–H and O–H groups in total. The van der Waals surface area contributed by atoms with Crippen LogP contribution >= 0.6 is 0 Å². The fraction of sp³-hybridized carbons (Fsp3) is 0.615. The van der Waals surface area contributed by atoms with Crippen molar-refractivity contribution in [2.75, 3.05) is 0 Å². The Morgan fingerprint density at radius 2 is 1.93 bits per heavy atom. The molecule has 4 heteroatoms. The van der Waals surface area contributed by atoms with Crippen molar-refractivity contribution < 1.29 is 13.6 Å². The number of carbonyl (C=O) groups excluding carboxylic acids is 1. The number of pyridine rings is 1. The largest absolute Gasteiger partial charge is 0.295 e. The van der Waals surface area contributed by atoms with E-state index in [1.807, 2.05) is 6.08 Å². The lowest BCUT2D eigenvalue weighted by Gasteiger charge is -2.59. The number of alkyl halides is 2. The number of allylic oxidation sites excluding steroid dienone is 4. The number of halogens is 2. The molecule has 0 saturated heterocycles. The Hall–Kier alpha value is -1.84. The highest BCUT2D eigenvalue weighted by Crippen LogP contribution is 2.67. The minimum atomic E-state index is -2.49. The van der Waals surface area contributed by atoms with E-state index in [4.69, 9.17) is 0 Å². The van der Waals surface area contributed by atoms with E-state index in [9.17, 15) is 13.6 Å². The van der Waals surface area contributed by atoms with E-state index in [2.05, 4.69) is 31.8 Å². The zero-order valence-electron chi connectivity index (χ0n) is 18.1. The van der Waals surface area contributed by atoms with Crippen LogP contribution in [-0.4, -0.2) is 10.8 Å². The predicted octanol–water partition coefficient (Wildman–Crippen LogP) is 6.79. The van der Waals surface area contributed by atoms with Crippen LogP contribution in [0.5, 0.6) is 0 Å². The van der Waals surface area contributed by atoms with Gasteiger partial charge in [-0.25, -0.2) is 8.78 Å². The molecule has 2 saturated carbocycles. The van der Waals surface area contributed by atoms with Crippen molar-refractivity contribution in [2.45, 2.75) is 65.7 Å². The number of carbonyl (C=O) groups is 1. The molecule has 0 aliphatic heterocycles. The first-order chi connectivity index (χ1) is 14.2. The minimum Gasteiger partial charge on any atom is -0.295 e. The first kappa shape index (κ1) is 20.1. The summed E-state index contributed by atoms with van der Waals surface area (Å²) in [6.07, 6.45) is 10.9. The lowest BCUT2D eigenvalue weighted by molar-refractivity contribution is -0.117. The first-order valence-electron chi connectivity index (χ1n) is 11.4. The zero-order chi connectivity index (χ0) is 21.3. The van der Waals surface area contributed by atoms with Crippen molar-refractivity contribution in [3.8, 4) is 0 Å². The maximum Gasteiger partial charge on any atom is 0.265 e. The van der Waals surface area contributed by atoms with Crippen LogP contribution < -0.4 is 0 Å². The van der Waals surface area contributed by atoms with Crippen LogP contribution in [0, 0.1) is 34.5 Å². The van der Waals surface area contributed by atoms with E-state index in [1.54, 1.807) is 12.3 Å². The lowest BCUT2D eigenvalue weighted by atomic mass is 9.45. The van der Waals surface area contributed by atoms with Crippen molar-refractivity contribution in [3.05, 3.63) is 47.3 Å². The number of aromatic nitrogens is 1. The number of ketones is 1. The number of hydrogen-bond donors (Lipinski definition) is 0. The zero-order valence-corrected chi connectivity index (χ0v) is 18.1. The Morgan fingerprint density at radius 1 is 1.13 bits per heavy atom. The fourth-order valence-corrected chi connectivity index (χ4v) is 7.72. The summed E-state index contributed by atoms with van der Waals surface area (Å²) in [6.45, 7) is 7.05. The average Bonchev–Trinajstić information content (AvgIpc) is 3.07. The summed E-state index contributed by atoms with van der Waals surface area (Å²) in [5.41, 5.74) is 3.65. The van der Waals surface area contributed by atoms with E-state index < -0.39 is 6.43 Å². The average molecular weight is 412 g/mol. The van der Waals surface area contributed by atoms with Gasteiger partial charge in [-0.1, -0.05) is 32.4 Å². The summed E-state index contributed by atoms with van der Waals surface area (Å²) < 4.78 is 26.5. The molecule has 0 spiro atoms. The standard InChI is InChI=1S/C26H31F2NO/c1-15-10-19-21-5-4-20(16-11-17(24(27)28)14-29-13-16)25(21,2)9-7-22(19)26(3)8-6-18(30)12-23(15)26/h4,11-15,19,21-22,24H,5-10H2,1-3H3/t15?,19?,21?,22?,25-,26-/m1/s1. The Kier molecular flexibility index (Phi) is 4.57. The smallest absolute Gasteiger partial charge is 0.265 e. The van der Waals surface area contributed by atoms with Crippen LogP contribution in [0.2, 0.25) is 0 Å². The quantitative estimate of drug-likeness (QED) is 0.536. The van der Waals surface area contributed by atoms with E-state index in [0.717, 1.165) is 37.7 Å². The molecule has 4 aliphatic rings. The molecule has 2 fully saturated rings. The predicted molar refractivity (Wildman–Crippen MR) is 114 cm³/mol. The monoisotopic (exact) mass is 411 g/mol. The second-order valence-electron chi connectivity index (χ2n) is 10.6. The summed E-state index contributed by atoms with van der Waals surface area (Å²) in [5, 5.41) is 0. The third kappa shape index (κ3) is 2.78. The van der Waals surface area contributed by atoms with Gasteiger partial charge >= 0.3 is 0 Å². The SMILES string of the molecule is CC1CC2C(CC[C@]3(C)C(c4cncc(C(F)F)c4)=CCC23)[C@@]2(C)CCC(=O)C=C12. The van der Waals surface area contributed by atoms with Gasteiger partial charge in [0.25, 0.3) is 6.43 Å². The number of hydrogen-bond acceptors (Lipinski definition) is 2. The molecule has 0 amide bonds. The van der Waals surface area contributed by atoms with E-state index >= 15 is 0 Å². The van der Waals surface area contributed by atoms with Gasteiger partial charge in [-0.3, -0.25) is 9.78 Å². The molecule has 2 nitrogen and oxygen atoms in total. The van der Waals surface area contributed by atoms with Crippen molar-refractivity contribution >= 4 is 11.4 Å². The van der Waals surface area contributed by atoms with Gasteiger partial charge in [0.15, 0.2) is 5.78 Å². The maximum atomic E-state index is 13.3. The van der Waals surface area contributed by atoms with Crippen LogP contribution in [0.25, 0.3) is 5.57 Å². The number of fused-ring (bicyclic) bond motifs is 5. The third-order valence-corrected chi connectivity index (χ3v) is 9.18. The van der Waals surface area contributed by atoms with Gasteiger partial charge in [0.2, 0.25) is 0 Å². The van der Waals surface area contributed by atoms with Crippen LogP contribution in [0.3, 0.4) is 0 Å². The van der Waals surface area contributed by atoms with Crippen molar-refractivity contribution in [3.63, 3.8) is 0 Å². The summed E-state index contributed by atoms with van der Waals surface area (Å²) in [7, 11) is 0. The maximum absolute atomic E-state index is 13.3. The number of rotatable bonds is 2. The molecule has 6 atom stereocenters. The van der Waals surface area contributed by atoms with Gasteiger partial charge in [0.05, 0.1) is 0 Å². The Morgan fingerprint density at radius 3 is 2.70 bits per heavy atom. The molecular weight excluding hydrogens is 380 g/mol. The highest BCUT2D eigenvalue weighted by molar-refractivity contribution is 5.91. The molecule has 0 bridgehead atoms. The van der Waals surface area contributed by atoms with Crippen LogP contribution in [0.15, 0.2) is 36.2 Å². The van der Waals surface area contributed by atoms with E-state index in [1.165, 1.54) is 17.3 Å². The molecular formula is C26H31F2NO. The molecule has 1 heterocycles. The van der Waals surface area contributed by atoms with Crippen molar-refractivity contribution in [1.82, 2.24) is 4.98 Å². The summed E-state index contributed by atoms with van der Waals surface area (Å²) in [4.78, 5) is 16.3. The van der Waals surface area contributed by atoms with Crippen molar-refractivity contribution in [1.29, 1.82) is 0 Å². The number of nitrogens with zero attached hydrogens (tertiary/aromatic N) is 1. The highest BCUT2D eigenvalue weighted by Gasteiger charge is 2.58. The first-order valence-corrected chi connectivity index (χ1v) is 11.4. The van der Waals surface area contributed by atoms with Crippen molar-refractivity contribution in [2.24, 2.45) is 34.5 Å². The second-order valence-corrected chi connectivity index (χ2v) is 10.6. The van der Waals surface area contributed by atoms with Gasteiger partial charge in [0, 0.05) is 24.4 Å².